The van der Waals surface area contributed by atoms with Crippen LogP contribution in [0.4, 0.5) is 5.69 Å². The molecule has 1 heterocycles. The molecule has 0 aliphatic carbocycles. The van der Waals surface area contributed by atoms with Crippen molar-refractivity contribution in [2.75, 3.05) is 32.1 Å². The number of anilines is 1. The average Bonchev–Trinajstić information content (AvgIpc) is 2.82. The van der Waals surface area contributed by atoms with Gasteiger partial charge in [-0.15, -0.1) is 0 Å². The Hall–Kier alpha value is -3.39. The van der Waals surface area contributed by atoms with Crippen molar-refractivity contribution in [2.45, 2.75) is 12.8 Å². The maximum Gasteiger partial charge on any atom is 0.309 e. The molecule has 3 rings (SSSR count). The third-order valence-electron chi connectivity index (χ3n) is 5.19. The van der Waals surface area contributed by atoms with Crippen LogP contribution in [0.1, 0.15) is 33.6 Å². The van der Waals surface area contributed by atoms with E-state index in [1.165, 1.54) is 13.1 Å². The number of halogens is 1. The van der Waals surface area contributed by atoms with Gasteiger partial charge in [-0.3, -0.25) is 19.2 Å². The van der Waals surface area contributed by atoms with Crippen LogP contribution >= 0.6 is 11.6 Å². The SMILES string of the molecule is CNC(=O)c1cccc(NC(=O)COC(=O)C2CCN(C(=O)c3ccc(Cl)cc3)CC2)c1. The van der Waals surface area contributed by atoms with Crippen molar-refractivity contribution >= 4 is 41.0 Å². The quantitative estimate of drug-likeness (QED) is 0.649. The molecule has 2 aromatic rings. The lowest BCUT2D eigenvalue weighted by Gasteiger charge is -2.31. The number of nitrogens with one attached hydrogen (secondary N) is 2. The molecule has 8 nitrogen and oxygen atoms in total. The van der Waals surface area contributed by atoms with Crippen LogP contribution in [0.5, 0.6) is 0 Å². The molecule has 1 aliphatic heterocycles. The third-order valence-corrected chi connectivity index (χ3v) is 5.44. The fraction of sp³-hybridized carbons (Fsp3) is 0.304. The summed E-state index contributed by atoms with van der Waals surface area (Å²) in [5.74, 6) is -1.70. The zero-order chi connectivity index (χ0) is 23.1. The third kappa shape index (κ3) is 6.07. The number of nitrogens with zero attached hydrogens (tertiary/aromatic N) is 1. The van der Waals surface area contributed by atoms with Gasteiger partial charge in [-0.1, -0.05) is 17.7 Å². The number of amides is 3. The van der Waals surface area contributed by atoms with Gasteiger partial charge in [-0.2, -0.15) is 0 Å². The second-order valence-electron chi connectivity index (χ2n) is 7.39. The number of hydrogen-bond acceptors (Lipinski definition) is 5. The van der Waals surface area contributed by atoms with Gasteiger partial charge in [0.2, 0.25) is 0 Å². The van der Waals surface area contributed by atoms with E-state index < -0.39 is 18.5 Å². The summed E-state index contributed by atoms with van der Waals surface area (Å²) >= 11 is 5.86. The zero-order valence-electron chi connectivity index (χ0n) is 17.6. The Kier molecular flexibility index (Phi) is 7.83. The predicted molar refractivity (Wildman–Crippen MR) is 120 cm³/mol. The summed E-state index contributed by atoms with van der Waals surface area (Å²) in [6.07, 6.45) is 0.932. The van der Waals surface area contributed by atoms with Crippen molar-refractivity contribution in [1.82, 2.24) is 10.2 Å². The summed E-state index contributed by atoms with van der Waals surface area (Å²) in [4.78, 5) is 50.4. The molecule has 0 unspecified atom stereocenters. The van der Waals surface area contributed by atoms with Gasteiger partial charge in [-0.05, 0) is 55.3 Å². The van der Waals surface area contributed by atoms with Crippen molar-refractivity contribution < 1.29 is 23.9 Å². The highest BCUT2D eigenvalue weighted by atomic mass is 35.5. The molecule has 0 saturated carbocycles. The van der Waals surface area contributed by atoms with Crippen LogP contribution < -0.4 is 10.6 Å². The zero-order valence-corrected chi connectivity index (χ0v) is 18.4. The summed E-state index contributed by atoms with van der Waals surface area (Å²) in [6.45, 7) is 0.437. The molecule has 9 heteroatoms. The van der Waals surface area contributed by atoms with Gasteiger partial charge >= 0.3 is 5.97 Å². The van der Waals surface area contributed by atoms with E-state index in [0.29, 0.717) is 47.8 Å². The summed E-state index contributed by atoms with van der Waals surface area (Å²) in [5, 5.41) is 5.68. The van der Waals surface area contributed by atoms with Crippen LogP contribution in [0, 0.1) is 5.92 Å². The van der Waals surface area contributed by atoms with Gasteiger partial charge in [0.1, 0.15) is 0 Å². The van der Waals surface area contributed by atoms with Crippen molar-refractivity contribution in [3.63, 3.8) is 0 Å². The van der Waals surface area contributed by atoms with Crippen molar-refractivity contribution in [3.8, 4) is 0 Å². The minimum Gasteiger partial charge on any atom is -0.455 e. The van der Waals surface area contributed by atoms with Gasteiger partial charge in [0.25, 0.3) is 17.7 Å². The monoisotopic (exact) mass is 457 g/mol. The highest BCUT2D eigenvalue weighted by Crippen LogP contribution is 2.21. The Morgan fingerprint density at radius 3 is 2.38 bits per heavy atom. The second kappa shape index (κ2) is 10.8. The molecule has 2 N–H and O–H groups in total. The van der Waals surface area contributed by atoms with Crippen LogP contribution in [0.15, 0.2) is 48.5 Å². The van der Waals surface area contributed by atoms with Crippen molar-refractivity contribution in [2.24, 2.45) is 5.92 Å². The number of carbonyl (C=O) groups excluding carboxylic acids is 4. The first-order valence-electron chi connectivity index (χ1n) is 10.2. The van der Waals surface area contributed by atoms with Crippen LogP contribution in [0.2, 0.25) is 5.02 Å². The summed E-state index contributed by atoms with van der Waals surface area (Å²) in [5.41, 5.74) is 1.39. The number of rotatable bonds is 6. The van der Waals surface area contributed by atoms with Crippen molar-refractivity contribution in [1.29, 1.82) is 0 Å². The summed E-state index contributed by atoms with van der Waals surface area (Å²) < 4.78 is 5.16. The first kappa shape index (κ1) is 23.3. The summed E-state index contributed by atoms with van der Waals surface area (Å²) in [6, 6.07) is 13.1. The van der Waals surface area contributed by atoms with Crippen LogP contribution in [-0.4, -0.2) is 55.3 Å². The molecule has 0 radical (unpaired) electrons. The molecular formula is C23H24ClN3O5. The number of hydrogen-bond donors (Lipinski definition) is 2. The Bertz CT molecular complexity index is 1000. The number of piperidine rings is 1. The van der Waals surface area contributed by atoms with E-state index in [-0.39, 0.29) is 17.7 Å². The van der Waals surface area contributed by atoms with E-state index in [0.717, 1.165) is 0 Å². The van der Waals surface area contributed by atoms with E-state index >= 15 is 0 Å². The lowest BCUT2D eigenvalue weighted by Crippen LogP contribution is -2.41. The molecular weight excluding hydrogens is 434 g/mol. The van der Waals surface area contributed by atoms with Crippen molar-refractivity contribution in [3.05, 3.63) is 64.7 Å². The number of benzene rings is 2. The number of likely N-dealkylation sites (tertiary alicyclic amines) is 1. The molecule has 2 aromatic carbocycles. The largest absolute Gasteiger partial charge is 0.455 e. The molecule has 1 fully saturated rings. The van der Waals surface area contributed by atoms with Crippen LogP contribution in [-0.2, 0) is 14.3 Å². The Morgan fingerprint density at radius 2 is 1.72 bits per heavy atom. The summed E-state index contributed by atoms with van der Waals surface area (Å²) in [7, 11) is 1.52. The normalized spacial score (nSPS) is 13.9. The fourth-order valence-corrected chi connectivity index (χ4v) is 3.55. The predicted octanol–water partition coefficient (Wildman–Crippen LogP) is 2.73. The molecule has 32 heavy (non-hydrogen) atoms. The number of carbonyl (C=O) groups is 4. The smallest absolute Gasteiger partial charge is 0.309 e. The first-order chi connectivity index (χ1) is 15.4. The van der Waals surface area contributed by atoms with E-state index in [2.05, 4.69) is 10.6 Å². The maximum atomic E-state index is 12.6. The van der Waals surface area contributed by atoms with E-state index in [1.54, 1.807) is 47.4 Å². The Morgan fingerprint density at radius 1 is 1.03 bits per heavy atom. The Labute approximate surface area is 190 Å². The van der Waals surface area contributed by atoms with Gasteiger partial charge < -0.3 is 20.3 Å². The van der Waals surface area contributed by atoms with Crippen LogP contribution in [0.3, 0.4) is 0 Å². The molecule has 0 atom stereocenters. The molecule has 168 valence electrons. The van der Waals surface area contributed by atoms with E-state index in [4.69, 9.17) is 16.3 Å². The van der Waals surface area contributed by atoms with E-state index in [1.807, 2.05) is 0 Å². The molecule has 1 saturated heterocycles. The standard InChI is InChI=1S/C23H24ClN3O5/c1-25-21(29)17-3-2-4-19(13-17)26-20(28)14-32-23(31)16-9-11-27(12-10-16)22(30)15-5-7-18(24)8-6-15/h2-8,13,16H,9-12,14H2,1H3,(H,25,29)(H,26,28). The molecule has 0 spiro atoms. The highest BCUT2D eigenvalue weighted by molar-refractivity contribution is 6.30. The lowest BCUT2D eigenvalue weighted by atomic mass is 9.96. The van der Waals surface area contributed by atoms with Gasteiger partial charge in [0.05, 0.1) is 5.92 Å². The van der Waals surface area contributed by atoms with Gasteiger partial charge in [0.15, 0.2) is 6.61 Å². The van der Waals surface area contributed by atoms with Crippen LogP contribution in [0.25, 0.3) is 0 Å². The average molecular weight is 458 g/mol. The topological polar surface area (TPSA) is 105 Å². The number of esters is 1. The second-order valence-corrected chi connectivity index (χ2v) is 7.83. The first-order valence-corrected chi connectivity index (χ1v) is 10.6. The minimum atomic E-state index is -0.497. The van der Waals surface area contributed by atoms with Gasteiger partial charge in [-0.25, -0.2) is 0 Å². The molecule has 0 bridgehead atoms. The van der Waals surface area contributed by atoms with E-state index in [9.17, 15) is 19.2 Å². The molecule has 3 amide bonds. The maximum absolute atomic E-state index is 12.6. The van der Waals surface area contributed by atoms with Gasteiger partial charge in [0, 0.05) is 42.0 Å². The highest BCUT2D eigenvalue weighted by Gasteiger charge is 2.29. The molecule has 1 aliphatic rings. The minimum absolute atomic E-state index is 0.105. The number of ether oxygens (including phenoxy) is 1. The fourth-order valence-electron chi connectivity index (χ4n) is 3.43. The lowest BCUT2D eigenvalue weighted by molar-refractivity contribution is -0.152. The molecule has 0 aromatic heterocycles. The Balaban J connectivity index is 1.44.